The van der Waals surface area contributed by atoms with Crippen LogP contribution in [0.15, 0.2) is 36.5 Å². The van der Waals surface area contributed by atoms with Crippen molar-refractivity contribution in [1.29, 1.82) is 0 Å². The second-order valence-corrected chi connectivity index (χ2v) is 3.11. The van der Waals surface area contributed by atoms with Crippen LogP contribution in [0.5, 0.6) is 5.88 Å². The number of hydrogen-bond donors (Lipinski definition) is 1. The molecule has 0 amide bonds. The van der Waals surface area contributed by atoms with Gasteiger partial charge in [0.2, 0.25) is 5.88 Å². The fourth-order valence-electron chi connectivity index (χ4n) is 1.21. The van der Waals surface area contributed by atoms with Gasteiger partial charge in [0.15, 0.2) is 0 Å². The first-order valence-electron chi connectivity index (χ1n) is 4.98. The molecule has 0 unspecified atom stereocenters. The van der Waals surface area contributed by atoms with Crippen molar-refractivity contribution >= 4 is 12.4 Å². The SMILES string of the molecule is Cl.NCCOc1ccc(-c2ccccn2)nn1. The average molecular weight is 253 g/mol. The third-order valence-electron chi connectivity index (χ3n) is 1.94. The molecule has 0 radical (unpaired) electrons. The van der Waals surface area contributed by atoms with Gasteiger partial charge in [0.05, 0.1) is 5.69 Å². The topological polar surface area (TPSA) is 73.9 Å². The maximum atomic E-state index is 5.31. The van der Waals surface area contributed by atoms with E-state index in [0.717, 1.165) is 11.4 Å². The van der Waals surface area contributed by atoms with E-state index >= 15 is 0 Å². The van der Waals surface area contributed by atoms with Gasteiger partial charge < -0.3 is 10.5 Å². The molecule has 0 aliphatic carbocycles. The second-order valence-electron chi connectivity index (χ2n) is 3.11. The van der Waals surface area contributed by atoms with Crippen molar-refractivity contribution in [1.82, 2.24) is 15.2 Å². The third kappa shape index (κ3) is 3.65. The lowest BCUT2D eigenvalue weighted by Crippen LogP contribution is -2.11. The van der Waals surface area contributed by atoms with Gasteiger partial charge in [0.25, 0.3) is 0 Å². The number of aromatic nitrogens is 3. The summed E-state index contributed by atoms with van der Waals surface area (Å²) in [6.07, 6.45) is 1.72. The number of hydrogen-bond acceptors (Lipinski definition) is 5. The fourth-order valence-corrected chi connectivity index (χ4v) is 1.21. The van der Waals surface area contributed by atoms with Crippen LogP contribution < -0.4 is 10.5 Å². The first-order valence-corrected chi connectivity index (χ1v) is 4.98. The zero-order chi connectivity index (χ0) is 11.2. The number of halogens is 1. The highest BCUT2D eigenvalue weighted by molar-refractivity contribution is 5.85. The van der Waals surface area contributed by atoms with Gasteiger partial charge in [0.1, 0.15) is 12.3 Å². The first kappa shape index (κ1) is 13.3. The van der Waals surface area contributed by atoms with Crippen LogP contribution in [0.1, 0.15) is 0 Å². The summed E-state index contributed by atoms with van der Waals surface area (Å²) in [6.45, 7) is 0.904. The van der Waals surface area contributed by atoms with Gasteiger partial charge in [-0.1, -0.05) is 6.07 Å². The number of rotatable bonds is 4. The summed E-state index contributed by atoms with van der Waals surface area (Å²) in [5, 5.41) is 7.95. The van der Waals surface area contributed by atoms with Gasteiger partial charge in [-0.15, -0.1) is 22.6 Å². The van der Waals surface area contributed by atoms with Crippen LogP contribution in [0, 0.1) is 0 Å². The molecule has 17 heavy (non-hydrogen) atoms. The quantitative estimate of drug-likeness (QED) is 0.888. The van der Waals surface area contributed by atoms with Crippen LogP contribution in [0.2, 0.25) is 0 Å². The van der Waals surface area contributed by atoms with E-state index in [2.05, 4.69) is 15.2 Å². The number of ether oxygens (including phenoxy) is 1. The molecule has 0 aromatic carbocycles. The molecule has 0 aliphatic rings. The molecule has 0 saturated carbocycles. The minimum absolute atomic E-state index is 0. The van der Waals surface area contributed by atoms with Gasteiger partial charge in [-0.25, -0.2) is 0 Å². The Morgan fingerprint density at radius 1 is 1.06 bits per heavy atom. The van der Waals surface area contributed by atoms with Gasteiger partial charge in [0, 0.05) is 18.8 Å². The number of nitrogens with two attached hydrogens (primary N) is 1. The normalized spacial score (nSPS) is 9.47. The van der Waals surface area contributed by atoms with Crippen molar-refractivity contribution in [3.8, 4) is 17.3 Å². The molecule has 0 bridgehead atoms. The molecule has 0 aliphatic heterocycles. The molecular formula is C11H13ClN4O. The fraction of sp³-hybridized carbons (Fsp3) is 0.182. The minimum Gasteiger partial charge on any atom is -0.475 e. The van der Waals surface area contributed by atoms with Crippen LogP contribution in [-0.2, 0) is 0 Å². The molecule has 6 heteroatoms. The monoisotopic (exact) mass is 252 g/mol. The highest BCUT2D eigenvalue weighted by Gasteiger charge is 2.01. The highest BCUT2D eigenvalue weighted by atomic mass is 35.5. The summed E-state index contributed by atoms with van der Waals surface area (Å²) in [4.78, 5) is 4.18. The lowest BCUT2D eigenvalue weighted by molar-refractivity contribution is 0.312. The Bertz CT molecular complexity index is 435. The van der Waals surface area contributed by atoms with E-state index in [1.165, 1.54) is 0 Å². The Hall–Kier alpha value is -1.72. The second kappa shape index (κ2) is 6.78. The predicted molar refractivity (Wildman–Crippen MR) is 67.1 cm³/mol. The molecule has 0 atom stereocenters. The molecule has 2 N–H and O–H groups in total. The summed E-state index contributed by atoms with van der Waals surface area (Å²) in [7, 11) is 0. The van der Waals surface area contributed by atoms with E-state index in [1.54, 1.807) is 12.3 Å². The van der Waals surface area contributed by atoms with Crippen LogP contribution in [0.3, 0.4) is 0 Å². The largest absolute Gasteiger partial charge is 0.475 e. The van der Waals surface area contributed by atoms with E-state index in [1.807, 2.05) is 24.3 Å². The lowest BCUT2D eigenvalue weighted by atomic mass is 10.2. The van der Waals surface area contributed by atoms with Gasteiger partial charge >= 0.3 is 0 Å². The van der Waals surface area contributed by atoms with Crippen molar-refractivity contribution in [2.24, 2.45) is 5.73 Å². The zero-order valence-corrected chi connectivity index (χ0v) is 9.93. The first-order chi connectivity index (χ1) is 7.90. The predicted octanol–water partition coefficient (Wildman–Crippen LogP) is 1.30. The molecule has 90 valence electrons. The Morgan fingerprint density at radius 3 is 2.53 bits per heavy atom. The van der Waals surface area contributed by atoms with E-state index in [4.69, 9.17) is 10.5 Å². The van der Waals surface area contributed by atoms with E-state index in [0.29, 0.717) is 19.0 Å². The molecule has 2 rings (SSSR count). The van der Waals surface area contributed by atoms with Crippen LogP contribution in [0.25, 0.3) is 11.4 Å². The van der Waals surface area contributed by atoms with Crippen molar-refractivity contribution < 1.29 is 4.74 Å². The Kier molecular flexibility index (Phi) is 5.32. The van der Waals surface area contributed by atoms with E-state index in [9.17, 15) is 0 Å². The van der Waals surface area contributed by atoms with Crippen LogP contribution >= 0.6 is 12.4 Å². The third-order valence-corrected chi connectivity index (χ3v) is 1.94. The van der Waals surface area contributed by atoms with Crippen molar-refractivity contribution in [2.45, 2.75) is 0 Å². The van der Waals surface area contributed by atoms with Crippen LogP contribution in [0.4, 0.5) is 0 Å². The Labute approximate surface area is 105 Å². The molecule has 0 spiro atoms. The van der Waals surface area contributed by atoms with Gasteiger partial charge in [-0.3, -0.25) is 4.98 Å². The van der Waals surface area contributed by atoms with Gasteiger partial charge in [-0.05, 0) is 18.2 Å². The molecule has 2 aromatic rings. The maximum Gasteiger partial charge on any atom is 0.233 e. The molecule has 0 saturated heterocycles. The van der Waals surface area contributed by atoms with Crippen molar-refractivity contribution in [3.63, 3.8) is 0 Å². The molecular weight excluding hydrogens is 240 g/mol. The van der Waals surface area contributed by atoms with Gasteiger partial charge in [-0.2, -0.15) is 0 Å². The summed E-state index contributed by atoms with van der Waals surface area (Å²) in [5.41, 5.74) is 6.83. The summed E-state index contributed by atoms with van der Waals surface area (Å²) in [6, 6.07) is 9.22. The lowest BCUT2D eigenvalue weighted by Gasteiger charge is -2.03. The highest BCUT2D eigenvalue weighted by Crippen LogP contribution is 2.14. The Balaban J connectivity index is 0.00000144. The van der Waals surface area contributed by atoms with Crippen molar-refractivity contribution in [2.75, 3.05) is 13.2 Å². The molecule has 5 nitrogen and oxygen atoms in total. The average Bonchev–Trinajstić information content (AvgIpc) is 2.38. The molecule has 0 fully saturated rings. The van der Waals surface area contributed by atoms with E-state index in [-0.39, 0.29) is 12.4 Å². The zero-order valence-electron chi connectivity index (χ0n) is 9.11. The Morgan fingerprint density at radius 2 is 1.94 bits per heavy atom. The minimum atomic E-state index is 0. The number of nitrogens with zero attached hydrogens (tertiary/aromatic N) is 3. The standard InChI is InChI=1S/C11H12N4O.ClH/c12-6-8-16-11-5-4-10(14-15-11)9-3-1-2-7-13-9;/h1-5,7H,6,8,12H2;1H. The maximum absolute atomic E-state index is 5.31. The summed E-state index contributed by atoms with van der Waals surface area (Å²) in [5.74, 6) is 0.477. The number of pyridine rings is 1. The summed E-state index contributed by atoms with van der Waals surface area (Å²) < 4.78 is 5.23. The molecule has 2 heterocycles. The van der Waals surface area contributed by atoms with Crippen molar-refractivity contribution in [3.05, 3.63) is 36.5 Å². The summed E-state index contributed by atoms with van der Waals surface area (Å²) >= 11 is 0. The van der Waals surface area contributed by atoms with Crippen LogP contribution in [-0.4, -0.2) is 28.3 Å². The molecule has 2 aromatic heterocycles. The van der Waals surface area contributed by atoms with E-state index < -0.39 is 0 Å². The smallest absolute Gasteiger partial charge is 0.233 e.